The fourth-order valence-corrected chi connectivity index (χ4v) is 3.79. The highest BCUT2D eigenvalue weighted by atomic mass is 16.7. The fraction of sp³-hybridized carbons (Fsp3) is 0.375. The summed E-state index contributed by atoms with van der Waals surface area (Å²) in [6.07, 6.45) is -2.63. The van der Waals surface area contributed by atoms with Crippen LogP contribution in [-0.2, 0) is 23.7 Å². The van der Waals surface area contributed by atoms with Crippen molar-refractivity contribution in [1.29, 1.82) is 0 Å². The number of hydrogen-bond donors (Lipinski definition) is 2. The summed E-state index contributed by atoms with van der Waals surface area (Å²) in [6.45, 7) is -0.223. The monoisotopic (exact) mass is 442 g/mol. The molecule has 6 atom stereocenters. The van der Waals surface area contributed by atoms with E-state index in [1.54, 1.807) is 31.4 Å². The molecule has 170 valence electrons. The van der Waals surface area contributed by atoms with Crippen molar-refractivity contribution in [3.05, 3.63) is 71.8 Å². The van der Waals surface area contributed by atoms with Crippen LogP contribution in [0.3, 0.4) is 0 Å². The lowest BCUT2D eigenvalue weighted by molar-refractivity contribution is -0.350. The molecule has 8 heteroatoms. The van der Waals surface area contributed by atoms with Crippen molar-refractivity contribution >= 4 is 12.0 Å². The van der Waals surface area contributed by atoms with Gasteiger partial charge in [0.15, 0.2) is 12.4 Å². The normalized spacial score (nSPS) is 30.0. The summed E-state index contributed by atoms with van der Waals surface area (Å²) in [7, 11) is 1.56. The summed E-state index contributed by atoms with van der Waals surface area (Å²) in [5.74, 6) is -0.00616. The van der Waals surface area contributed by atoms with Gasteiger partial charge < -0.3 is 33.9 Å². The average molecular weight is 442 g/mol. The molecule has 4 rings (SSSR count). The van der Waals surface area contributed by atoms with Crippen LogP contribution in [0.15, 0.2) is 60.7 Å². The van der Waals surface area contributed by atoms with Gasteiger partial charge in [-0.05, 0) is 29.3 Å². The molecule has 8 nitrogen and oxygen atoms in total. The van der Waals surface area contributed by atoms with Gasteiger partial charge >= 0.3 is 5.97 Å². The summed E-state index contributed by atoms with van der Waals surface area (Å²) >= 11 is 0. The van der Waals surface area contributed by atoms with Crippen molar-refractivity contribution in [3.63, 3.8) is 0 Å². The van der Waals surface area contributed by atoms with Crippen LogP contribution in [0.4, 0.5) is 0 Å². The van der Waals surface area contributed by atoms with Gasteiger partial charge in [0.05, 0.1) is 20.3 Å². The van der Waals surface area contributed by atoms with Crippen molar-refractivity contribution in [2.24, 2.45) is 0 Å². The van der Waals surface area contributed by atoms with E-state index in [0.717, 1.165) is 11.1 Å². The molecular weight excluding hydrogens is 416 g/mol. The molecule has 0 saturated carbocycles. The van der Waals surface area contributed by atoms with Crippen molar-refractivity contribution < 1.29 is 38.7 Å². The first-order valence-corrected chi connectivity index (χ1v) is 10.4. The highest BCUT2D eigenvalue weighted by molar-refractivity contribution is 5.87. The summed E-state index contributed by atoms with van der Waals surface area (Å²) in [4.78, 5) is 12.6. The van der Waals surface area contributed by atoms with Gasteiger partial charge in [0.25, 0.3) is 0 Å². The summed E-state index contributed by atoms with van der Waals surface area (Å²) in [5.41, 5.74) is 1.65. The lowest BCUT2D eigenvalue weighted by atomic mass is 9.97. The zero-order valence-corrected chi connectivity index (χ0v) is 17.6. The van der Waals surface area contributed by atoms with Crippen LogP contribution >= 0.6 is 0 Å². The van der Waals surface area contributed by atoms with Crippen LogP contribution in [0.2, 0.25) is 0 Å². The largest absolute Gasteiger partial charge is 0.497 e. The third kappa shape index (κ3) is 5.01. The molecule has 0 amide bonds. The quantitative estimate of drug-likeness (QED) is 0.516. The number of fused-ring (bicyclic) bond motifs is 1. The van der Waals surface area contributed by atoms with Gasteiger partial charge in [-0.3, -0.25) is 0 Å². The zero-order chi connectivity index (χ0) is 22.5. The number of benzene rings is 2. The van der Waals surface area contributed by atoms with Gasteiger partial charge in [0.2, 0.25) is 0 Å². The summed E-state index contributed by atoms with van der Waals surface area (Å²) in [5, 5.41) is 20.3. The molecule has 0 spiro atoms. The van der Waals surface area contributed by atoms with Crippen LogP contribution < -0.4 is 4.74 Å². The van der Waals surface area contributed by atoms with E-state index in [4.69, 9.17) is 23.7 Å². The van der Waals surface area contributed by atoms with Gasteiger partial charge in [0.1, 0.15) is 30.2 Å². The Morgan fingerprint density at radius 1 is 1.16 bits per heavy atom. The first kappa shape index (κ1) is 22.4. The molecule has 2 aromatic rings. The van der Waals surface area contributed by atoms with E-state index < -0.39 is 49.4 Å². The number of carbonyl (C=O) groups is 1. The van der Waals surface area contributed by atoms with Crippen LogP contribution in [0, 0.1) is 0 Å². The highest BCUT2D eigenvalue weighted by Crippen LogP contribution is 2.35. The van der Waals surface area contributed by atoms with Crippen LogP contribution in [0.5, 0.6) is 5.75 Å². The number of ether oxygens (including phenoxy) is 5. The number of aliphatic hydroxyl groups excluding tert-OH is 2. The SMILES string of the molecule is COc1cccc(/C=C/C(=O)O[C@H]2[C@H](O)[C@@H](CO)O[C@H]3OC[C@H](c4ccccc4)O[C@@H]32)c1. The second kappa shape index (κ2) is 10.2. The molecule has 2 fully saturated rings. The molecule has 32 heavy (non-hydrogen) atoms. The minimum atomic E-state index is -1.28. The molecule has 0 aromatic heterocycles. The Morgan fingerprint density at radius 3 is 2.72 bits per heavy atom. The van der Waals surface area contributed by atoms with Gasteiger partial charge in [-0.25, -0.2) is 4.79 Å². The van der Waals surface area contributed by atoms with Crippen molar-refractivity contribution in [1.82, 2.24) is 0 Å². The topological polar surface area (TPSA) is 104 Å². The highest BCUT2D eigenvalue weighted by Gasteiger charge is 2.51. The molecule has 0 radical (unpaired) electrons. The lowest BCUT2D eigenvalue weighted by Gasteiger charge is -2.47. The molecule has 2 saturated heterocycles. The van der Waals surface area contributed by atoms with Gasteiger partial charge in [-0.15, -0.1) is 0 Å². The average Bonchev–Trinajstić information content (AvgIpc) is 2.84. The molecule has 2 heterocycles. The predicted molar refractivity (Wildman–Crippen MR) is 114 cm³/mol. The predicted octanol–water partition coefficient (Wildman–Crippen LogP) is 1.85. The standard InChI is InChI=1S/C24H26O8/c1-28-17-9-5-6-15(12-17)10-11-20(26)32-22-21(27)18(13-25)31-24-23(22)30-19(14-29-24)16-7-3-2-4-8-16/h2-12,18-19,21-25,27H,13-14H2,1H3/b11-10+/t18-,19-,21-,22+,23-,24-/m1/s1. The minimum absolute atomic E-state index is 0.232. The van der Waals surface area contributed by atoms with Crippen LogP contribution in [0.1, 0.15) is 17.2 Å². The molecular formula is C24H26O8. The Hall–Kier alpha value is -2.75. The van der Waals surface area contributed by atoms with Crippen LogP contribution in [0.25, 0.3) is 6.08 Å². The summed E-state index contributed by atoms with van der Waals surface area (Å²) < 4.78 is 28.3. The smallest absolute Gasteiger partial charge is 0.331 e. The van der Waals surface area contributed by atoms with E-state index in [0.29, 0.717) is 5.75 Å². The number of carbonyl (C=O) groups excluding carboxylic acids is 1. The number of hydrogen-bond acceptors (Lipinski definition) is 8. The van der Waals surface area contributed by atoms with E-state index in [2.05, 4.69) is 0 Å². The Kier molecular flexibility index (Phi) is 7.19. The molecule has 0 aliphatic carbocycles. The summed E-state index contributed by atoms with van der Waals surface area (Å²) in [6, 6.07) is 16.7. The molecule has 0 unspecified atom stereocenters. The Labute approximate surface area is 185 Å². The molecule has 2 aromatic carbocycles. The van der Waals surface area contributed by atoms with E-state index in [9.17, 15) is 15.0 Å². The molecule has 2 aliphatic rings. The zero-order valence-electron chi connectivity index (χ0n) is 17.6. The van der Waals surface area contributed by atoms with Crippen molar-refractivity contribution in [3.8, 4) is 5.75 Å². The number of aliphatic hydroxyl groups is 2. The van der Waals surface area contributed by atoms with E-state index in [1.807, 2.05) is 36.4 Å². The maximum Gasteiger partial charge on any atom is 0.331 e. The first-order chi connectivity index (χ1) is 15.6. The van der Waals surface area contributed by atoms with Crippen LogP contribution in [-0.4, -0.2) is 67.2 Å². The lowest BCUT2D eigenvalue weighted by Crippen LogP contribution is -2.63. The maximum absolute atomic E-state index is 12.6. The third-order valence-electron chi connectivity index (χ3n) is 5.46. The Balaban J connectivity index is 1.49. The number of esters is 1. The Bertz CT molecular complexity index is 931. The Morgan fingerprint density at radius 2 is 1.97 bits per heavy atom. The fourth-order valence-electron chi connectivity index (χ4n) is 3.79. The van der Waals surface area contributed by atoms with Gasteiger partial charge in [-0.2, -0.15) is 0 Å². The van der Waals surface area contributed by atoms with E-state index >= 15 is 0 Å². The third-order valence-corrected chi connectivity index (χ3v) is 5.46. The minimum Gasteiger partial charge on any atom is -0.497 e. The van der Waals surface area contributed by atoms with Gasteiger partial charge in [0, 0.05) is 6.08 Å². The first-order valence-electron chi connectivity index (χ1n) is 10.4. The van der Waals surface area contributed by atoms with E-state index in [1.165, 1.54) is 6.08 Å². The van der Waals surface area contributed by atoms with Gasteiger partial charge in [-0.1, -0.05) is 42.5 Å². The molecule has 0 bridgehead atoms. The molecule has 2 N–H and O–H groups in total. The maximum atomic E-state index is 12.6. The molecule has 2 aliphatic heterocycles. The number of methoxy groups -OCH3 is 1. The van der Waals surface area contributed by atoms with Crippen molar-refractivity contribution in [2.45, 2.75) is 36.8 Å². The second-order valence-corrected chi connectivity index (χ2v) is 7.56. The number of rotatable bonds is 6. The van der Waals surface area contributed by atoms with E-state index in [-0.39, 0.29) is 6.61 Å². The van der Waals surface area contributed by atoms with Crippen molar-refractivity contribution in [2.75, 3.05) is 20.3 Å². The second-order valence-electron chi connectivity index (χ2n) is 7.56.